The standard InChI is InChI=1S/C20H21ClN2O3S/c1-2-11-22-19(25)18-13-7-3-6-10-16(13)27-20(18)23-17(24)12-26-15-9-5-4-8-14(15)21/h2,4-5,8-9H,1,3,6-7,10-12H2,(H,22,25)(H,23,24). The Morgan fingerprint density at radius 2 is 2.04 bits per heavy atom. The van der Waals surface area contributed by atoms with E-state index in [2.05, 4.69) is 17.2 Å². The predicted octanol–water partition coefficient (Wildman–Crippen LogP) is 4.21. The molecule has 2 aromatic rings. The number of hydrogen-bond donors (Lipinski definition) is 2. The Morgan fingerprint density at radius 1 is 1.26 bits per heavy atom. The third-order valence-corrected chi connectivity index (χ3v) is 5.77. The van der Waals surface area contributed by atoms with Crippen molar-refractivity contribution < 1.29 is 14.3 Å². The molecule has 0 fully saturated rings. The average Bonchev–Trinajstić information content (AvgIpc) is 3.03. The molecule has 2 N–H and O–H groups in total. The summed E-state index contributed by atoms with van der Waals surface area (Å²) in [6, 6.07) is 6.98. The number of rotatable bonds is 7. The maximum atomic E-state index is 12.6. The first-order valence-electron chi connectivity index (χ1n) is 8.81. The van der Waals surface area contributed by atoms with E-state index in [4.69, 9.17) is 16.3 Å². The molecule has 7 heteroatoms. The van der Waals surface area contributed by atoms with Crippen LogP contribution in [0.15, 0.2) is 36.9 Å². The minimum atomic E-state index is -0.328. The number of anilines is 1. The zero-order valence-corrected chi connectivity index (χ0v) is 16.4. The summed E-state index contributed by atoms with van der Waals surface area (Å²) in [6.07, 6.45) is 5.58. The highest BCUT2D eigenvalue weighted by Crippen LogP contribution is 2.38. The molecule has 0 atom stereocenters. The number of aryl methyl sites for hydroxylation is 1. The molecule has 142 valence electrons. The quantitative estimate of drug-likeness (QED) is 0.679. The van der Waals surface area contributed by atoms with E-state index < -0.39 is 0 Å². The van der Waals surface area contributed by atoms with Crippen molar-refractivity contribution in [1.29, 1.82) is 0 Å². The minimum absolute atomic E-state index is 0.181. The van der Waals surface area contributed by atoms with Gasteiger partial charge in [0.25, 0.3) is 11.8 Å². The van der Waals surface area contributed by atoms with Crippen molar-refractivity contribution in [2.75, 3.05) is 18.5 Å². The molecule has 1 aliphatic carbocycles. The first-order valence-corrected chi connectivity index (χ1v) is 10.0. The van der Waals surface area contributed by atoms with Gasteiger partial charge in [0, 0.05) is 11.4 Å². The van der Waals surface area contributed by atoms with Crippen molar-refractivity contribution in [2.45, 2.75) is 25.7 Å². The zero-order valence-electron chi connectivity index (χ0n) is 14.8. The molecular formula is C20H21ClN2O3S. The van der Waals surface area contributed by atoms with Crippen LogP contribution >= 0.6 is 22.9 Å². The summed E-state index contributed by atoms with van der Waals surface area (Å²) >= 11 is 7.51. The highest BCUT2D eigenvalue weighted by molar-refractivity contribution is 7.17. The van der Waals surface area contributed by atoms with Crippen molar-refractivity contribution in [3.05, 3.63) is 57.9 Å². The first kappa shape index (κ1) is 19.5. The van der Waals surface area contributed by atoms with E-state index in [-0.39, 0.29) is 18.4 Å². The molecule has 5 nitrogen and oxygen atoms in total. The normalized spacial score (nSPS) is 12.8. The molecule has 1 aromatic carbocycles. The molecule has 1 aromatic heterocycles. The van der Waals surface area contributed by atoms with Crippen LogP contribution in [0.5, 0.6) is 5.75 Å². The maximum absolute atomic E-state index is 12.6. The highest BCUT2D eigenvalue weighted by atomic mass is 35.5. The number of carbonyl (C=O) groups is 2. The summed E-state index contributed by atoms with van der Waals surface area (Å²) in [5.74, 6) is -0.0633. The van der Waals surface area contributed by atoms with E-state index in [0.29, 0.717) is 27.9 Å². The SMILES string of the molecule is C=CCNC(=O)c1c(NC(=O)COc2ccccc2Cl)sc2c1CCCC2. The second kappa shape index (κ2) is 9.06. The molecule has 0 aliphatic heterocycles. The molecule has 3 rings (SSSR count). The number of thiophene rings is 1. The highest BCUT2D eigenvalue weighted by Gasteiger charge is 2.26. The van der Waals surface area contributed by atoms with E-state index in [9.17, 15) is 9.59 Å². The van der Waals surface area contributed by atoms with Crippen LogP contribution in [-0.2, 0) is 17.6 Å². The molecule has 0 saturated heterocycles. The topological polar surface area (TPSA) is 67.4 Å². The number of hydrogen-bond acceptors (Lipinski definition) is 4. The lowest BCUT2D eigenvalue weighted by Gasteiger charge is -2.13. The van der Waals surface area contributed by atoms with Crippen LogP contribution in [0, 0.1) is 0 Å². The number of carbonyl (C=O) groups excluding carboxylic acids is 2. The van der Waals surface area contributed by atoms with Gasteiger partial charge in [-0.3, -0.25) is 9.59 Å². The largest absolute Gasteiger partial charge is 0.482 e. The summed E-state index contributed by atoms with van der Waals surface area (Å²) in [4.78, 5) is 26.2. The molecular weight excluding hydrogens is 384 g/mol. The van der Waals surface area contributed by atoms with Gasteiger partial charge in [0.05, 0.1) is 10.6 Å². The molecule has 0 saturated carbocycles. The number of benzene rings is 1. The Kier molecular flexibility index (Phi) is 6.53. The Bertz CT molecular complexity index is 863. The van der Waals surface area contributed by atoms with E-state index in [1.807, 2.05) is 0 Å². The number of ether oxygens (including phenoxy) is 1. The molecule has 1 heterocycles. The van der Waals surface area contributed by atoms with Gasteiger partial charge in [-0.15, -0.1) is 17.9 Å². The fraction of sp³-hybridized carbons (Fsp3) is 0.300. The van der Waals surface area contributed by atoms with Gasteiger partial charge in [-0.2, -0.15) is 0 Å². The lowest BCUT2D eigenvalue weighted by Crippen LogP contribution is -2.27. The van der Waals surface area contributed by atoms with Gasteiger partial charge in [0.2, 0.25) is 0 Å². The smallest absolute Gasteiger partial charge is 0.262 e. The Morgan fingerprint density at radius 3 is 2.81 bits per heavy atom. The molecule has 27 heavy (non-hydrogen) atoms. The van der Waals surface area contributed by atoms with Crippen molar-refractivity contribution >= 4 is 39.8 Å². The number of nitrogens with one attached hydrogen (secondary N) is 2. The summed E-state index contributed by atoms with van der Waals surface area (Å²) in [6.45, 7) is 3.82. The van der Waals surface area contributed by atoms with Crippen LogP contribution in [0.3, 0.4) is 0 Å². The molecule has 0 unspecified atom stereocenters. The molecule has 0 spiro atoms. The van der Waals surface area contributed by atoms with Crippen LogP contribution < -0.4 is 15.4 Å². The van der Waals surface area contributed by atoms with Gasteiger partial charge in [-0.05, 0) is 43.4 Å². The Balaban J connectivity index is 1.74. The summed E-state index contributed by atoms with van der Waals surface area (Å²) in [7, 11) is 0. The summed E-state index contributed by atoms with van der Waals surface area (Å²) in [5, 5.41) is 6.68. The third-order valence-electron chi connectivity index (χ3n) is 4.25. The summed E-state index contributed by atoms with van der Waals surface area (Å²) in [5.41, 5.74) is 1.62. The van der Waals surface area contributed by atoms with Gasteiger partial charge < -0.3 is 15.4 Å². The van der Waals surface area contributed by atoms with Crippen LogP contribution in [0.25, 0.3) is 0 Å². The van der Waals surface area contributed by atoms with Gasteiger partial charge in [0.15, 0.2) is 6.61 Å². The van der Waals surface area contributed by atoms with Crippen molar-refractivity contribution in [3.63, 3.8) is 0 Å². The van der Waals surface area contributed by atoms with Crippen LogP contribution in [0.4, 0.5) is 5.00 Å². The second-order valence-electron chi connectivity index (χ2n) is 6.18. The number of amides is 2. The van der Waals surface area contributed by atoms with Crippen LogP contribution in [-0.4, -0.2) is 25.0 Å². The Hall–Kier alpha value is -2.31. The fourth-order valence-corrected chi connectivity index (χ4v) is 4.51. The van der Waals surface area contributed by atoms with Crippen LogP contribution in [0.2, 0.25) is 5.02 Å². The van der Waals surface area contributed by atoms with Gasteiger partial charge in [0.1, 0.15) is 10.8 Å². The monoisotopic (exact) mass is 404 g/mol. The van der Waals surface area contributed by atoms with Crippen molar-refractivity contribution in [2.24, 2.45) is 0 Å². The van der Waals surface area contributed by atoms with Crippen molar-refractivity contribution in [1.82, 2.24) is 5.32 Å². The molecule has 2 amide bonds. The summed E-state index contributed by atoms with van der Waals surface area (Å²) < 4.78 is 5.48. The van der Waals surface area contributed by atoms with Gasteiger partial charge in [-0.25, -0.2) is 0 Å². The molecule has 1 aliphatic rings. The lowest BCUT2D eigenvalue weighted by molar-refractivity contribution is -0.118. The van der Waals surface area contributed by atoms with E-state index in [0.717, 1.165) is 31.2 Å². The van der Waals surface area contributed by atoms with E-state index in [1.165, 1.54) is 16.2 Å². The number of halogens is 1. The fourth-order valence-electron chi connectivity index (χ4n) is 3.02. The van der Waals surface area contributed by atoms with Gasteiger partial charge in [-0.1, -0.05) is 29.8 Å². The number of fused-ring (bicyclic) bond motifs is 1. The van der Waals surface area contributed by atoms with Crippen LogP contribution in [0.1, 0.15) is 33.6 Å². The average molecular weight is 405 g/mol. The minimum Gasteiger partial charge on any atom is -0.482 e. The second-order valence-corrected chi connectivity index (χ2v) is 7.69. The van der Waals surface area contributed by atoms with Crippen molar-refractivity contribution in [3.8, 4) is 5.75 Å². The maximum Gasteiger partial charge on any atom is 0.262 e. The van der Waals surface area contributed by atoms with E-state index in [1.54, 1.807) is 30.3 Å². The zero-order chi connectivity index (χ0) is 19.2. The lowest BCUT2D eigenvalue weighted by atomic mass is 9.95. The predicted molar refractivity (Wildman–Crippen MR) is 109 cm³/mol. The first-order chi connectivity index (χ1) is 13.1. The number of para-hydroxylation sites is 1. The molecule has 0 radical (unpaired) electrons. The molecule has 0 bridgehead atoms. The van der Waals surface area contributed by atoms with E-state index >= 15 is 0 Å². The third kappa shape index (κ3) is 4.70. The van der Waals surface area contributed by atoms with Gasteiger partial charge >= 0.3 is 0 Å². The Labute approximate surface area is 167 Å².